The number of hydrogen-bond donors (Lipinski definition) is 0. The summed E-state index contributed by atoms with van der Waals surface area (Å²) in [4.78, 5) is 0.236. The Balaban J connectivity index is 1.86. The Bertz CT molecular complexity index is 1130. The van der Waals surface area contributed by atoms with Gasteiger partial charge in [-0.05, 0) is 24.3 Å². The minimum absolute atomic E-state index is 0.236. The van der Waals surface area contributed by atoms with Gasteiger partial charge in [0.1, 0.15) is 11.6 Å². The Labute approximate surface area is 188 Å². The van der Waals surface area contributed by atoms with Crippen molar-refractivity contribution >= 4 is 56.4 Å². The lowest BCUT2D eigenvalue weighted by molar-refractivity contribution is 0.590. The van der Waals surface area contributed by atoms with Gasteiger partial charge in [-0.15, -0.1) is 16.8 Å². The lowest BCUT2D eigenvalue weighted by Gasteiger charge is -2.10. The van der Waals surface area contributed by atoms with Gasteiger partial charge in [0.25, 0.3) is 0 Å². The number of halogens is 3. The zero-order valence-corrected chi connectivity index (χ0v) is 19.0. The molecule has 3 rings (SSSR count). The highest BCUT2D eigenvalue weighted by Gasteiger charge is 2.21. The van der Waals surface area contributed by atoms with Crippen molar-refractivity contribution < 1.29 is 8.42 Å². The smallest absolute Gasteiger partial charge is 0.191 e. The summed E-state index contributed by atoms with van der Waals surface area (Å²) in [6, 6.07) is 11.6. The number of allylic oxidation sites excluding steroid dienone is 1. The first kappa shape index (κ1) is 22.2. The Morgan fingerprint density at radius 2 is 1.72 bits per heavy atom. The minimum Gasteiger partial charge on any atom is -0.301 e. The van der Waals surface area contributed by atoms with E-state index in [-0.39, 0.29) is 10.6 Å². The molecule has 0 saturated carbocycles. The van der Waals surface area contributed by atoms with Crippen LogP contribution in [0.4, 0.5) is 0 Å². The molecular formula is C19H16Cl3N3O2S2. The van der Waals surface area contributed by atoms with Gasteiger partial charge in [-0.25, -0.2) is 8.42 Å². The van der Waals surface area contributed by atoms with Crippen molar-refractivity contribution in [2.75, 3.05) is 0 Å². The first-order chi connectivity index (χ1) is 13.8. The molecule has 3 aromatic rings. The molecule has 2 aromatic carbocycles. The largest absolute Gasteiger partial charge is 0.301 e. The lowest BCUT2D eigenvalue weighted by Crippen LogP contribution is -2.11. The van der Waals surface area contributed by atoms with Crippen LogP contribution in [0, 0.1) is 0 Å². The fraction of sp³-hybridized carbons (Fsp3) is 0.158. The number of thioether (sulfide) groups is 1. The predicted octanol–water partition coefficient (Wildman–Crippen LogP) is 5.69. The highest BCUT2D eigenvalue weighted by Crippen LogP contribution is 2.35. The van der Waals surface area contributed by atoms with Gasteiger partial charge in [0.2, 0.25) is 0 Å². The molecule has 0 aliphatic rings. The van der Waals surface area contributed by atoms with E-state index in [4.69, 9.17) is 34.8 Å². The van der Waals surface area contributed by atoms with Crippen molar-refractivity contribution in [1.29, 1.82) is 0 Å². The van der Waals surface area contributed by atoms with Crippen molar-refractivity contribution in [3.8, 4) is 0 Å². The zero-order valence-electron chi connectivity index (χ0n) is 15.1. The summed E-state index contributed by atoms with van der Waals surface area (Å²) in [7, 11) is -3.55. The Hall–Kier alpha value is -1.51. The average molecular weight is 489 g/mol. The Morgan fingerprint density at radius 3 is 2.41 bits per heavy atom. The van der Waals surface area contributed by atoms with Gasteiger partial charge >= 0.3 is 0 Å². The summed E-state index contributed by atoms with van der Waals surface area (Å²) in [6.45, 7) is 4.10. The van der Waals surface area contributed by atoms with E-state index in [0.29, 0.717) is 43.9 Å². The molecule has 29 heavy (non-hydrogen) atoms. The summed E-state index contributed by atoms with van der Waals surface area (Å²) in [6.07, 6.45) is 1.66. The molecule has 0 atom stereocenters. The second-order valence-electron chi connectivity index (χ2n) is 5.98. The molecule has 1 heterocycles. The molecule has 0 unspecified atom stereocenters. The zero-order chi connectivity index (χ0) is 21.0. The summed E-state index contributed by atoms with van der Waals surface area (Å²) >= 11 is 19.9. The number of nitrogens with zero attached hydrogens (tertiary/aromatic N) is 3. The monoisotopic (exact) mass is 487 g/mol. The Kier molecular flexibility index (Phi) is 7.29. The van der Waals surface area contributed by atoms with Crippen LogP contribution >= 0.6 is 46.6 Å². The van der Waals surface area contributed by atoms with Crippen LogP contribution in [-0.4, -0.2) is 23.2 Å². The third-order valence-corrected chi connectivity index (χ3v) is 7.83. The predicted molar refractivity (Wildman–Crippen MR) is 119 cm³/mol. The maximum Gasteiger partial charge on any atom is 0.191 e. The van der Waals surface area contributed by atoms with Crippen LogP contribution in [0.3, 0.4) is 0 Å². The first-order valence-corrected chi connectivity index (χ1v) is 12.2. The minimum atomic E-state index is -3.55. The highest BCUT2D eigenvalue weighted by atomic mass is 35.5. The molecule has 0 amide bonds. The van der Waals surface area contributed by atoms with Crippen LogP contribution in [0.1, 0.15) is 11.4 Å². The Morgan fingerprint density at radius 1 is 1.03 bits per heavy atom. The number of hydrogen-bond acceptors (Lipinski definition) is 5. The van der Waals surface area contributed by atoms with Crippen molar-refractivity contribution in [3.63, 3.8) is 0 Å². The van der Waals surface area contributed by atoms with Gasteiger partial charge in [0.05, 0.1) is 14.9 Å². The maximum atomic E-state index is 12.7. The van der Waals surface area contributed by atoms with Crippen LogP contribution in [0.15, 0.2) is 65.2 Å². The van der Waals surface area contributed by atoms with Crippen LogP contribution in [0.5, 0.6) is 0 Å². The molecule has 0 bridgehead atoms. The summed E-state index contributed by atoms with van der Waals surface area (Å²) in [5, 5.41) is 10.1. The van der Waals surface area contributed by atoms with Gasteiger partial charge in [0.15, 0.2) is 15.0 Å². The molecular weight excluding hydrogens is 473 g/mol. The van der Waals surface area contributed by atoms with Gasteiger partial charge in [0, 0.05) is 22.9 Å². The van der Waals surface area contributed by atoms with E-state index in [9.17, 15) is 8.42 Å². The van der Waals surface area contributed by atoms with Gasteiger partial charge in [-0.1, -0.05) is 70.8 Å². The standard InChI is InChI=1S/C19H16Cl3N3O2S2/c1-2-10-25-17(12-29(26,27)13-6-4-3-5-7-13)23-24-19(25)28-11-14-15(20)8-9-16(21)18(14)22/h2-9H,1,10-12H2. The molecule has 0 saturated heterocycles. The molecule has 1 aromatic heterocycles. The van der Waals surface area contributed by atoms with Gasteiger partial charge < -0.3 is 4.57 Å². The molecule has 5 nitrogen and oxygen atoms in total. The third-order valence-electron chi connectivity index (χ3n) is 4.01. The second kappa shape index (κ2) is 9.53. The van der Waals surface area contributed by atoms with Gasteiger partial charge in [-0.2, -0.15) is 0 Å². The van der Waals surface area contributed by atoms with E-state index in [0.717, 1.165) is 0 Å². The van der Waals surface area contributed by atoms with Gasteiger partial charge in [-0.3, -0.25) is 0 Å². The van der Waals surface area contributed by atoms with Crippen LogP contribution in [-0.2, 0) is 27.9 Å². The summed E-state index contributed by atoms with van der Waals surface area (Å²) in [5.74, 6) is 0.468. The molecule has 0 aliphatic heterocycles. The maximum absolute atomic E-state index is 12.7. The number of rotatable bonds is 8. The average Bonchev–Trinajstić information content (AvgIpc) is 3.07. The van der Waals surface area contributed by atoms with Crippen molar-refractivity contribution in [3.05, 3.63) is 81.6 Å². The van der Waals surface area contributed by atoms with Crippen LogP contribution in [0.2, 0.25) is 15.1 Å². The van der Waals surface area contributed by atoms with E-state index < -0.39 is 9.84 Å². The van der Waals surface area contributed by atoms with E-state index in [1.807, 2.05) is 0 Å². The molecule has 152 valence electrons. The normalized spacial score (nSPS) is 11.6. The lowest BCUT2D eigenvalue weighted by atomic mass is 10.2. The second-order valence-corrected chi connectivity index (χ2v) is 10.1. The number of sulfone groups is 1. The van der Waals surface area contributed by atoms with Crippen molar-refractivity contribution in [2.24, 2.45) is 0 Å². The molecule has 0 spiro atoms. The van der Waals surface area contributed by atoms with Crippen molar-refractivity contribution in [2.45, 2.75) is 28.1 Å². The van der Waals surface area contributed by atoms with Crippen molar-refractivity contribution in [1.82, 2.24) is 14.8 Å². The summed E-state index contributed by atoms with van der Waals surface area (Å²) < 4.78 is 27.1. The number of aromatic nitrogens is 3. The molecule has 0 fully saturated rings. The SMILES string of the molecule is C=CCn1c(CS(=O)(=O)c2ccccc2)nnc1SCc1c(Cl)ccc(Cl)c1Cl. The molecule has 0 N–H and O–H groups in total. The fourth-order valence-electron chi connectivity index (χ4n) is 2.56. The highest BCUT2D eigenvalue weighted by molar-refractivity contribution is 7.98. The molecule has 0 radical (unpaired) electrons. The van der Waals surface area contributed by atoms with E-state index in [2.05, 4.69) is 16.8 Å². The third kappa shape index (κ3) is 5.16. The van der Waals surface area contributed by atoms with E-state index in [1.54, 1.807) is 53.1 Å². The molecule has 0 aliphatic carbocycles. The van der Waals surface area contributed by atoms with Crippen LogP contribution < -0.4 is 0 Å². The van der Waals surface area contributed by atoms with E-state index >= 15 is 0 Å². The topological polar surface area (TPSA) is 64.8 Å². The summed E-state index contributed by atoms with van der Waals surface area (Å²) in [5.41, 5.74) is 0.678. The molecule has 10 heteroatoms. The first-order valence-electron chi connectivity index (χ1n) is 8.39. The van der Waals surface area contributed by atoms with E-state index in [1.165, 1.54) is 11.8 Å². The number of benzene rings is 2. The van der Waals surface area contributed by atoms with Crippen LogP contribution in [0.25, 0.3) is 0 Å². The fourth-order valence-corrected chi connectivity index (χ4v) is 5.70. The quantitative estimate of drug-likeness (QED) is 0.231.